The van der Waals surface area contributed by atoms with Gasteiger partial charge in [0, 0.05) is 43.1 Å². The molecule has 6 aromatic rings. The van der Waals surface area contributed by atoms with E-state index in [1.54, 1.807) is 35.6 Å². The van der Waals surface area contributed by atoms with Crippen molar-refractivity contribution in [2.24, 2.45) is 0 Å². The number of carbonyl (C=O) groups excluding carboxylic acids is 1. The molecule has 30 heteroatoms. The Labute approximate surface area is 526 Å². The van der Waals surface area contributed by atoms with Gasteiger partial charge < -0.3 is 0 Å². The van der Waals surface area contributed by atoms with Crippen LogP contribution in [0.1, 0.15) is 21.6 Å². The SMILES string of the molecule is C#CC#CC#[C][Ga-]([C]#CC#CC#C)([C]#CC#CC#C)[C]#CC#CC#C.FC(F)(F)C(F)(F)F.FC(F)(F)C(F)(F)F.FC(F)(F)C(F)(F)F.FC(F)(F)C(F)(F)F.O=C(c1ccccc1)c1ccc2sc3ccc([S+](c4ccc(F)cc4)c4ccc(F)cc4)cc3c2c1.[HH].[HH].[HH].[HH]. The maximum atomic E-state index is 13.7. The number of hydrogen-bond donors (Lipinski definition) is 0. The van der Waals surface area contributed by atoms with Gasteiger partial charge in [0.2, 0.25) is 0 Å². The fourth-order valence-electron chi connectivity index (χ4n) is 5.39. The van der Waals surface area contributed by atoms with E-state index in [0.717, 1.165) is 34.9 Å². The first kappa shape index (κ1) is 80.9. The van der Waals surface area contributed by atoms with E-state index in [1.165, 1.54) is 24.3 Å². The first-order chi connectivity index (χ1) is 42.8. The number of thiophene rings is 1. The van der Waals surface area contributed by atoms with E-state index >= 15 is 0 Å². The molecule has 0 aliphatic rings. The van der Waals surface area contributed by atoms with Crippen molar-refractivity contribution in [1.82, 2.24) is 0 Å². The largest absolute Gasteiger partial charge is 0.487 e. The molecule has 0 fully saturated rings. The van der Waals surface area contributed by atoms with Crippen LogP contribution in [0.15, 0.2) is 130 Å². The van der Waals surface area contributed by atoms with Crippen LogP contribution in [0.2, 0.25) is 0 Å². The number of terminal acetylenes is 4. The number of hydrogen-bond acceptors (Lipinski definition) is 2. The molecule has 0 atom stereocenters. The van der Waals surface area contributed by atoms with Crippen molar-refractivity contribution < 1.29 is 125 Å². The van der Waals surface area contributed by atoms with E-state index in [4.69, 9.17) is 25.7 Å². The molecule has 0 aliphatic heterocycles. The number of halogens is 26. The Hall–Kier alpha value is -10.1. The summed E-state index contributed by atoms with van der Waals surface area (Å²) in [6, 6.07) is 34.5. The fourth-order valence-corrected chi connectivity index (χ4v) is 11.9. The molecular formula is C63H31F26GaOS2. The number of ketones is 1. The van der Waals surface area contributed by atoms with Crippen LogP contribution in [0.3, 0.4) is 0 Å². The van der Waals surface area contributed by atoms with Crippen LogP contribution in [-0.4, -0.2) is 70.2 Å². The second-order valence-corrected chi connectivity index (χ2v) is 25.0. The molecular weight excluding hydrogens is 1400 g/mol. The van der Waals surface area contributed by atoms with Crippen LogP contribution < -0.4 is 0 Å². The molecule has 0 aliphatic carbocycles. The van der Waals surface area contributed by atoms with Crippen molar-refractivity contribution in [3.05, 3.63) is 138 Å². The van der Waals surface area contributed by atoms with Gasteiger partial charge in [0.05, 0.1) is 10.9 Å². The van der Waals surface area contributed by atoms with E-state index < -0.39 is 75.3 Å². The summed E-state index contributed by atoms with van der Waals surface area (Å²) in [7, 11) is -0.554. The summed E-state index contributed by atoms with van der Waals surface area (Å²) in [6.07, 6.45) is -28.3. The third kappa shape index (κ3) is 28.3. The minimum Gasteiger partial charge on any atom is -0.289 e. The molecule has 0 N–H and O–H groups in total. The van der Waals surface area contributed by atoms with Gasteiger partial charge in [0.1, 0.15) is 11.6 Å². The van der Waals surface area contributed by atoms with E-state index in [1.807, 2.05) is 48.5 Å². The van der Waals surface area contributed by atoms with Gasteiger partial charge in [-0.25, -0.2) is 8.78 Å². The van der Waals surface area contributed by atoms with Crippen LogP contribution in [0.4, 0.5) is 114 Å². The molecule has 93 heavy (non-hydrogen) atoms. The monoisotopic (exact) mass is 1430 g/mol. The molecule has 0 saturated carbocycles. The predicted molar refractivity (Wildman–Crippen MR) is 304 cm³/mol. The van der Waals surface area contributed by atoms with Crippen molar-refractivity contribution in [2.75, 3.05) is 0 Å². The minimum absolute atomic E-state index is 0. The summed E-state index contributed by atoms with van der Waals surface area (Å²) < 4.78 is 292. The third-order valence-electron chi connectivity index (χ3n) is 9.30. The number of benzene rings is 5. The molecule has 0 saturated heterocycles. The first-order valence-corrected chi connectivity index (χ1v) is 30.1. The topological polar surface area (TPSA) is 17.1 Å². The molecule has 0 spiro atoms. The molecule has 0 unspecified atom stereocenters. The van der Waals surface area contributed by atoms with Gasteiger partial charge in [-0.1, -0.05) is 30.3 Å². The van der Waals surface area contributed by atoms with E-state index in [9.17, 15) is 119 Å². The molecule has 6 rings (SSSR count). The summed E-state index contributed by atoms with van der Waals surface area (Å²) in [5, 5.41) is 2.09. The van der Waals surface area contributed by atoms with E-state index in [2.05, 4.69) is 131 Å². The maximum Gasteiger partial charge on any atom is 0.487 e. The van der Waals surface area contributed by atoms with Crippen LogP contribution in [0, 0.1) is 150 Å². The van der Waals surface area contributed by atoms with Crippen molar-refractivity contribution in [3.63, 3.8) is 0 Å². The summed E-state index contributed by atoms with van der Waals surface area (Å²) in [6.45, 7) is 0. The molecule has 1 nitrogen and oxygen atoms in total. The summed E-state index contributed by atoms with van der Waals surface area (Å²) in [5.74, 6) is 37.9. The van der Waals surface area contributed by atoms with Gasteiger partial charge >= 0.3 is 203 Å². The van der Waals surface area contributed by atoms with Crippen LogP contribution in [0.25, 0.3) is 20.2 Å². The molecule has 0 amide bonds. The second-order valence-electron chi connectivity index (χ2n) is 15.9. The fraction of sp³-hybridized carbons (Fsp3) is 0.127. The molecule has 0 radical (unpaired) electrons. The predicted octanol–water partition coefficient (Wildman–Crippen LogP) is 18.2. The molecule has 1 heterocycles. The second kappa shape index (κ2) is 35.5. The summed E-state index contributed by atoms with van der Waals surface area (Å²) in [4.78, 5) is 16.0. The quantitative estimate of drug-likeness (QED) is 0.0553. The van der Waals surface area contributed by atoms with Crippen molar-refractivity contribution in [2.45, 2.75) is 64.1 Å². The Kier molecular flexibility index (Phi) is 30.9. The minimum atomic E-state index is -6.06. The standard InChI is InChI=1S/C31H19F2OS2.4C6H.4C2F6.Ga.4H2/c32-22-7-11-24(12-8-22)36(25-13-9-23(33)10-14-25)26-15-17-30-28(19-26)27-18-21(6-16-29(27)35-30)31(34)20-4-2-1-3-5-20;4*1-3-5-6-4-2;4*3-1(4,5)2(6,7)8;;;;;/h1-19H;4*1H;;;;;;4*1H/q+1;;;;;;;;;-1;;;;. The first-order valence-electron chi connectivity index (χ1n) is 23.2. The molecule has 0 bridgehead atoms. The van der Waals surface area contributed by atoms with Crippen LogP contribution >= 0.6 is 11.3 Å². The third-order valence-corrected chi connectivity index (χ3v) is 17.5. The Morgan fingerprint density at radius 3 is 0.914 bits per heavy atom. The number of rotatable bonds is 5. The van der Waals surface area contributed by atoms with Gasteiger partial charge in [0.15, 0.2) is 20.5 Å². The van der Waals surface area contributed by atoms with Crippen molar-refractivity contribution >= 4 is 63.2 Å². The smallest absolute Gasteiger partial charge is 0.289 e. The Bertz CT molecular complexity index is 3910. The zero-order valence-corrected chi connectivity index (χ0v) is 49.0. The average Bonchev–Trinajstić information content (AvgIpc) is 1.65. The van der Waals surface area contributed by atoms with Gasteiger partial charge in [-0.05, 0) is 78.9 Å². The Balaban J connectivity index is -0.000000614. The van der Waals surface area contributed by atoms with Gasteiger partial charge in [0.25, 0.3) is 0 Å². The van der Waals surface area contributed by atoms with Gasteiger partial charge in [-0.3, -0.25) is 4.79 Å². The van der Waals surface area contributed by atoms with Gasteiger partial charge in [-0.2, -0.15) is 105 Å². The molecule has 1 aromatic heterocycles. The molecule has 5 aromatic carbocycles. The van der Waals surface area contributed by atoms with Crippen LogP contribution in [0.5, 0.6) is 0 Å². The average molecular weight is 1430 g/mol. The zero-order chi connectivity index (χ0) is 71.3. The number of fused-ring (bicyclic) bond motifs is 3. The Morgan fingerprint density at radius 2 is 0.624 bits per heavy atom. The Morgan fingerprint density at radius 1 is 0.344 bits per heavy atom. The molecule has 486 valence electrons. The van der Waals surface area contributed by atoms with Gasteiger partial charge in [-0.15, -0.1) is 11.3 Å². The summed E-state index contributed by atoms with van der Waals surface area (Å²) in [5.41, 5.74) is 1.31. The van der Waals surface area contributed by atoms with Crippen molar-refractivity contribution in [1.29, 1.82) is 0 Å². The normalized spacial score (nSPS) is 10.7. The van der Waals surface area contributed by atoms with E-state index in [0.29, 0.717) is 11.1 Å². The zero-order valence-electron chi connectivity index (χ0n) is 44.9. The van der Waals surface area contributed by atoms with E-state index in [-0.39, 0.29) is 23.1 Å². The summed E-state index contributed by atoms with van der Waals surface area (Å²) >= 11 is -2.22. The van der Waals surface area contributed by atoms with Crippen LogP contribution in [-0.2, 0) is 10.9 Å². The van der Waals surface area contributed by atoms with Crippen molar-refractivity contribution in [3.8, 4) is 138 Å². The maximum absolute atomic E-state index is 13.7. The number of carbonyl (C=O) groups is 1. The number of alkyl halides is 24.